The molecule has 6 rings (SSSR count). The van der Waals surface area contributed by atoms with Crippen LogP contribution in [0.4, 0.5) is 23.3 Å². The quantitative estimate of drug-likeness (QED) is 0.587. The molecule has 3 aromatic rings. The Morgan fingerprint density at radius 1 is 0.829 bits per heavy atom. The van der Waals surface area contributed by atoms with Crippen molar-refractivity contribution in [3.8, 4) is 0 Å². The van der Waals surface area contributed by atoms with Crippen molar-refractivity contribution in [3.05, 3.63) is 66.0 Å². The summed E-state index contributed by atoms with van der Waals surface area (Å²) in [7, 11) is 0. The van der Waals surface area contributed by atoms with Crippen molar-refractivity contribution in [2.24, 2.45) is 0 Å². The Morgan fingerprint density at radius 3 is 2.54 bits per heavy atom. The van der Waals surface area contributed by atoms with Gasteiger partial charge >= 0.3 is 0 Å². The summed E-state index contributed by atoms with van der Waals surface area (Å²) in [6.45, 7) is 5.49. The molecule has 2 fully saturated rings. The molecular formula is C27H33N7O. The van der Waals surface area contributed by atoms with Crippen LogP contribution >= 0.6 is 0 Å². The number of aliphatic hydroxyl groups is 1. The van der Waals surface area contributed by atoms with Gasteiger partial charge in [0.2, 0.25) is 0 Å². The molecule has 0 amide bonds. The maximum atomic E-state index is 11.1. The summed E-state index contributed by atoms with van der Waals surface area (Å²) in [6.07, 6.45) is 5.58. The number of fused-ring (bicyclic) bond motifs is 1. The first-order chi connectivity index (χ1) is 17.2. The smallest absolute Gasteiger partial charge is 0.137 e. The van der Waals surface area contributed by atoms with Crippen molar-refractivity contribution in [2.45, 2.75) is 44.4 Å². The average Bonchev–Trinajstić information content (AvgIpc) is 3.44. The van der Waals surface area contributed by atoms with Crippen molar-refractivity contribution in [1.82, 2.24) is 19.9 Å². The van der Waals surface area contributed by atoms with Crippen LogP contribution in [0.5, 0.6) is 0 Å². The lowest BCUT2D eigenvalue weighted by atomic mass is 9.94. The molecule has 1 aromatic carbocycles. The highest BCUT2D eigenvalue weighted by molar-refractivity contribution is 5.58. The fourth-order valence-electron chi connectivity index (χ4n) is 5.69. The zero-order valence-corrected chi connectivity index (χ0v) is 20.1. The van der Waals surface area contributed by atoms with Gasteiger partial charge in [-0.2, -0.15) is 0 Å². The third-order valence-corrected chi connectivity index (χ3v) is 7.57. The van der Waals surface area contributed by atoms with E-state index in [1.165, 1.54) is 24.0 Å². The molecular weight excluding hydrogens is 438 g/mol. The number of rotatable bonds is 5. The van der Waals surface area contributed by atoms with E-state index < -0.39 is 6.10 Å². The molecule has 2 atom stereocenters. The van der Waals surface area contributed by atoms with Crippen LogP contribution in [0.2, 0.25) is 0 Å². The molecule has 0 aliphatic carbocycles. The van der Waals surface area contributed by atoms with Crippen molar-refractivity contribution in [3.63, 3.8) is 0 Å². The van der Waals surface area contributed by atoms with Crippen LogP contribution in [0, 0.1) is 0 Å². The predicted octanol–water partition coefficient (Wildman–Crippen LogP) is 3.21. The highest BCUT2D eigenvalue weighted by Gasteiger charge is 2.34. The number of pyridine rings is 1. The van der Waals surface area contributed by atoms with E-state index in [9.17, 15) is 5.11 Å². The third kappa shape index (κ3) is 4.81. The Kier molecular flexibility index (Phi) is 6.22. The van der Waals surface area contributed by atoms with Crippen LogP contribution in [-0.4, -0.2) is 69.8 Å². The van der Waals surface area contributed by atoms with Crippen molar-refractivity contribution in [2.75, 3.05) is 47.8 Å². The van der Waals surface area contributed by atoms with Crippen LogP contribution in [-0.2, 0) is 13.0 Å². The van der Waals surface area contributed by atoms with Gasteiger partial charge in [-0.15, -0.1) is 0 Å². The van der Waals surface area contributed by atoms with E-state index in [2.05, 4.69) is 60.3 Å². The van der Waals surface area contributed by atoms with Gasteiger partial charge in [0.05, 0.1) is 6.10 Å². The highest BCUT2D eigenvalue weighted by Crippen LogP contribution is 2.28. The highest BCUT2D eigenvalue weighted by atomic mass is 16.3. The molecule has 8 heteroatoms. The predicted molar refractivity (Wildman–Crippen MR) is 138 cm³/mol. The maximum Gasteiger partial charge on any atom is 0.137 e. The summed E-state index contributed by atoms with van der Waals surface area (Å²) in [5.41, 5.74) is 2.83. The molecule has 2 saturated heterocycles. The van der Waals surface area contributed by atoms with E-state index in [1.54, 1.807) is 6.33 Å². The van der Waals surface area contributed by atoms with Gasteiger partial charge in [-0.3, -0.25) is 4.90 Å². The molecule has 0 saturated carbocycles. The summed E-state index contributed by atoms with van der Waals surface area (Å²) < 4.78 is 0. The lowest BCUT2D eigenvalue weighted by Crippen LogP contribution is -2.55. The SMILES string of the molecule is O[C@@H]1CN(c2cc(Nc3cccc(N4CCCC4)n3)ncn2)CC[C@H]1N1CCc2ccccc2C1. The zero-order valence-electron chi connectivity index (χ0n) is 20.1. The summed E-state index contributed by atoms with van der Waals surface area (Å²) in [6, 6.07) is 16.9. The molecule has 0 bridgehead atoms. The van der Waals surface area contributed by atoms with Gasteiger partial charge in [0.25, 0.3) is 0 Å². The number of benzene rings is 1. The lowest BCUT2D eigenvalue weighted by Gasteiger charge is -2.43. The minimum Gasteiger partial charge on any atom is -0.390 e. The largest absolute Gasteiger partial charge is 0.390 e. The van der Waals surface area contributed by atoms with E-state index in [1.807, 2.05) is 18.2 Å². The first-order valence-corrected chi connectivity index (χ1v) is 12.8. The number of piperidine rings is 1. The first kappa shape index (κ1) is 22.2. The van der Waals surface area contributed by atoms with Gasteiger partial charge < -0.3 is 20.2 Å². The number of nitrogens with zero attached hydrogens (tertiary/aromatic N) is 6. The van der Waals surface area contributed by atoms with Crippen molar-refractivity contribution >= 4 is 23.3 Å². The van der Waals surface area contributed by atoms with Crippen LogP contribution in [0.15, 0.2) is 54.9 Å². The maximum absolute atomic E-state index is 11.1. The van der Waals surface area contributed by atoms with Gasteiger partial charge in [0, 0.05) is 51.4 Å². The second-order valence-electron chi connectivity index (χ2n) is 9.82. The standard InChI is InChI=1S/C27H33N7O/c35-23-18-34(15-11-22(23)33-14-10-20-6-1-2-7-21(20)17-33)27-16-25(28-19-29-27)30-24-8-5-9-26(31-24)32-12-3-4-13-32/h1-2,5-9,16,19,22-23,35H,3-4,10-15,17-18H2,(H,28,29,30,31)/t22-,23-/m1/s1. The lowest BCUT2D eigenvalue weighted by molar-refractivity contribution is 0.0293. The molecule has 35 heavy (non-hydrogen) atoms. The minimum atomic E-state index is -0.417. The number of hydrogen-bond acceptors (Lipinski definition) is 8. The van der Waals surface area contributed by atoms with E-state index in [-0.39, 0.29) is 6.04 Å². The van der Waals surface area contributed by atoms with Crippen LogP contribution in [0.25, 0.3) is 0 Å². The van der Waals surface area contributed by atoms with E-state index in [0.717, 1.165) is 63.0 Å². The minimum absolute atomic E-state index is 0.177. The molecule has 8 nitrogen and oxygen atoms in total. The second-order valence-corrected chi connectivity index (χ2v) is 9.82. The van der Waals surface area contributed by atoms with Crippen molar-refractivity contribution < 1.29 is 5.11 Å². The summed E-state index contributed by atoms with van der Waals surface area (Å²) >= 11 is 0. The van der Waals surface area contributed by atoms with E-state index in [0.29, 0.717) is 12.4 Å². The number of β-amino-alcohol motifs (C(OH)–C–C–N with tert-alkyl or cyclic N) is 1. The molecule has 0 radical (unpaired) electrons. The van der Waals surface area contributed by atoms with Crippen molar-refractivity contribution in [1.29, 1.82) is 0 Å². The molecule has 0 spiro atoms. The third-order valence-electron chi connectivity index (χ3n) is 7.57. The molecule has 5 heterocycles. The van der Waals surface area contributed by atoms with Gasteiger partial charge in [-0.05, 0) is 48.9 Å². The van der Waals surface area contributed by atoms with Gasteiger partial charge in [0.15, 0.2) is 0 Å². The van der Waals surface area contributed by atoms with E-state index >= 15 is 0 Å². The molecule has 3 aliphatic heterocycles. The zero-order chi connectivity index (χ0) is 23.6. The first-order valence-electron chi connectivity index (χ1n) is 12.8. The molecule has 2 aromatic heterocycles. The Balaban J connectivity index is 1.10. The fraction of sp³-hybridized carbons (Fsp3) is 0.444. The number of nitrogens with one attached hydrogen (secondary N) is 1. The number of hydrogen-bond donors (Lipinski definition) is 2. The summed E-state index contributed by atoms with van der Waals surface area (Å²) in [4.78, 5) is 20.6. The normalized spacial score (nSPS) is 22.8. The molecule has 0 unspecified atom stereocenters. The Hall–Kier alpha value is -3.23. The summed E-state index contributed by atoms with van der Waals surface area (Å²) in [5.74, 6) is 3.33. The van der Waals surface area contributed by atoms with Crippen LogP contribution in [0.1, 0.15) is 30.4 Å². The summed E-state index contributed by atoms with van der Waals surface area (Å²) in [5, 5.41) is 14.4. The number of aromatic nitrogens is 3. The molecule has 2 N–H and O–H groups in total. The van der Waals surface area contributed by atoms with Gasteiger partial charge in [-0.25, -0.2) is 15.0 Å². The second kappa shape index (κ2) is 9.79. The fourth-order valence-corrected chi connectivity index (χ4v) is 5.69. The Labute approximate surface area is 206 Å². The molecule has 182 valence electrons. The number of anilines is 4. The number of aliphatic hydroxyl groups excluding tert-OH is 1. The van der Waals surface area contributed by atoms with Crippen LogP contribution in [0.3, 0.4) is 0 Å². The molecule has 3 aliphatic rings. The monoisotopic (exact) mass is 471 g/mol. The Bertz CT molecular complexity index is 1170. The Morgan fingerprint density at radius 2 is 1.69 bits per heavy atom. The topological polar surface area (TPSA) is 80.7 Å². The van der Waals surface area contributed by atoms with Gasteiger partial charge in [-0.1, -0.05) is 30.3 Å². The average molecular weight is 472 g/mol. The van der Waals surface area contributed by atoms with Crippen LogP contribution < -0.4 is 15.1 Å². The van der Waals surface area contributed by atoms with Gasteiger partial charge in [0.1, 0.15) is 29.6 Å². The van der Waals surface area contributed by atoms with E-state index in [4.69, 9.17) is 4.98 Å².